The number of nitrogens with one attached hydrogen (secondary N) is 2. The first-order chi connectivity index (χ1) is 13.1. The number of piperidine rings is 1. The van der Waals surface area contributed by atoms with Crippen LogP contribution in [0.15, 0.2) is 4.99 Å². The second-order valence-electron chi connectivity index (χ2n) is 8.32. The third kappa shape index (κ3) is 6.19. The van der Waals surface area contributed by atoms with Crippen LogP contribution in [0.1, 0.15) is 63.5 Å². The maximum Gasteiger partial charge on any atom is 0.191 e. The van der Waals surface area contributed by atoms with Crippen molar-refractivity contribution in [2.24, 2.45) is 18.0 Å². The van der Waals surface area contributed by atoms with Crippen molar-refractivity contribution in [1.82, 2.24) is 30.3 Å². The monoisotopic (exact) mass is 375 g/mol. The first-order valence-corrected chi connectivity index (χ1v) is 10.7. The Morgan fingerprint density at radius 2 is 1.89 bits per heavy atom. The Morgan fingerprint density at radius 1 is 1.15 bits per heavy atom. The van der Waals surface area contributed by atoms with E-state index < -0.39 is 0 Å². The van der Waals surface area contributed by atoms with Crippen molar-refractivity contribution in [2.45, 2.75) is 71.4 Å². The number of nitrogens with zero attached hydrogens (tertiary/aromatic N) is 5. The van der Waals surface area contributed by atoms with E-state index in [0.29, 0.717) is 12.6 Å². The Balaban J connectivity index is 1.47. The number of hydrogen-bond donors (Lipinski definition) is 2. The average Bonchev–Trinajstić information content (AvgIpc) is 3.29. The lowest BCUT2D eigenvalue weighted by Gasteiger charge is -2.30. The lowest BCUT2D eigenvalue weighted by molar-refractivity contribution is 0.191. The number of aromatic nitrogens is 3. The molecule has 0 spiro atoms. The predicted octanol–water partition coefficient (Wildman–Crippen LogP) is 2.22. The van der Waals surface area contributed by atoms with Crippen LogP contribution in [0.25, 0.3) is 0 Å². The van der Waals surface area contributed by atoms with E-state index in [1.54, 1.807) is 0 Å². The third-order valence-electron chi connectivity index (χ3n) is 6.08. The van der Waals surface area contributed by atoms with Gasteiger partial charge in [0.05, 0.1) is 0 Å². The molecule has 0 aromatic carbocycles. The molecule has 7 heteroatoms. The molecule has 2 N–H and O–H groups in total. The van der Waals surface area contributed by atoms with Gasteiger partial charge in [-0.1, -0.05) is 19.8 Å². The van der Waals surface area contributed by atoms with Crippen LogP contribution in [0.3, 0.4) is 0 Å². The third-order valence-corrected chi connectivity index (χ3v) is 6.08. The number of aryl methyl sites for hydroxylation is 1. The molecule has 27 heavy (non-hydrogen) atoms. The number of guanidine groups is 1. The zero-order chi connectivity index (χ0) is 19.1. The van der Waals surface area contributed by atoms with E-state index in [-0.39, 0.29) is 0 Å². The van der Waals surface area contributed by atoms with Gasteiger partial charge in [0, 0.05) is 19.6 Å². The minimum atomic E-state index is 0.557. The van der Waals surface area contributed by atoms with E-state index >= 15 is 0 Å². The highest BCUT2D eigenvalue weighted by Gasteiger charge is 2.17. The summed E-state index contributed by atoms with van der Waals surface area (Å²) in [4.78, 5) is 7.39. The van der Waals surface area contributed by atoms with Crippen molar-refractivity contribution >= 4 is 5.96 Å². The number of hydrogen-bond acceptors (Lipinski definition) is 4. The Bertz CT molecular complexity index is 595. The van der Waals surface area contributed by atoms with Crippen molar-refractivity contribution in [2.75, 3.05) is 26.2 Å². The van der Waals surface area contributed by atoms with Crippen molar-refractivity contribution in [3.8, 4) is 0 Å². The fourth-order valence-corrected chi connectivity index (χ4v) is 3.95. The molecular weight excluding hydrogens is 338 g/mol. The van der Waals surface area contributed by atoms with Gasteiger partial charge in [-0.05, 0) is 64.6 Å². The molecule has 2 heterocycles. The van der Waals surface area contributed by atoms with E-state index in [1.807, 2.05) is 18.5 Å². The van der Waals surface area contributed by atoms with Crippen molar-refractivity contribution < 1.29 is 0 Å². The fourth-order valence-electron chi connectivity index (χ4n) is 3.95. The van der Waals surface area contributed by atoms with Gasteiger partial charge in [-0.3, -0.25) is 0 Å². The van der Waals surface area contributed by atoms with E-state index in [9.17, 15) is 0 Å². The Hall–Kier alpha value is -1.63. The van der Waals surface area contributed by atoms with E-state index in [4.69, 9.17) is 4.99 Å². The molecule has 1 aromatic heterocycles. The first-order valence-electron chi connectivity index (χ1n) is 10.7. The molecule has 1 aromatic rings. The molecule has 1 saturated carbocycles. The highest BCUT2D eigenvalue weighted by atomic mass is 15.3. The second kappa shape index (κ2) is 10.1. The normalized spacial score (nSPS) is 20.3. The van der Waals surface area contributed by atoms with E-state index in [2.05, 4.69) is 32.7 Å². The predicted molar refractivity (Wildman–Crippen MR) is 110 cm³/mol. The van der Waals surface area contributed by atoms with Gasteiger partial charge in [0.1, 0.15) is 12.4 Å². The molecule has 2 aliphatic rings. The molecule has 2 fully saturated rings. The Labute approximate surface area is 164 Å². The summed E-state index contributed by atoms with van der Waals surface area (Å²) in [5.41, 5.74) is 0. The highest BCUT2D eigenvalue weighted by molar-refractivity contribution is 5.80. The van der Waals surface area contributed by atoms with Crippen molar-refractivity contribution in [3.63, 3.8) is 0 Å². The summed E-state index contributed by atoms with van der Waals surface area (Å²) < 4.78 is 2.01. The number of rotatable bonds is 7. The Morgan fingerprint density at radius 3 is 2.56 bits per heavy atom. The van der Waals surface area contributed by atoms with Gasteiger partial charge in [0.25, 0.3) is 0 Å². The van der Waals surface area contributed by atoms with Crippen LogP contribution in [-0.4, -0.2) is 57.8 Å². The zero-order valence-corrected chi connectivity index (χ0v) is 17.4. The molecule has 0 amide bonds. The van der Waals surface area contributed by atoms with Crippen LogP contribution in [0.4, 0.5) is 0 Å². The largest absolute Gasteiger partial charge is 0.356 e. The van der Waals surface area contributed by atoms with Crippen LogP contribution in [0, 0.1) is 12.8 Å². The molecule has 1 saturated heterocycles. The van der Waals surface area contributed by atoms with E-state index in [1.165, 1.54) is 58.2 Å². The van der Waals surface area contributed by atoms with Crippen LogP contribution < -0.4 is 10.6 Å². The summed E-state index contributed by atoms with van der Waals surface area (Å²) >= 11 is 0. The summed E-state index contributed by atoms with van der Waals surface area (Å²) in [7, 11) is 2.00. The summed E-state index contributed by atoms with van der Waals surface area (Å²) in [5, 5.41) is 15.5. The van der Waals surface area contributed by atoms with Gasteiger partial charge in [0.2, 0.25) is 0 Å². The molecule has 0 unspecified atom stereocenters. The maximum atomic E-state index is 4.78. The lowest BCUT2D eigenvalue weighted by Crippen LogP contribution is -2.43. The van der Waals surface area contributed by atoms with Crippen LogP contribution in [0.5, 0.6) is 0 Å². The minimum absolute atomic E-state index is 0.557. The second-order valence-corrected chi connectivity index (χ2v) is 8.32. The Kier molecular flexibility index (Phi) is 7.50. The van der Waals surface area contributed by atoms with Crippen LogP contribution in [0.2, 0.25) is 0 Å². The summed E-state index contributed by atoms with van der Waals surface area (Å²) in [6.45, 7) is 9.55. The van der Waals surface area contributed by atoms with Gasteiger partial charge in [-0.2, -0.15) is 0 Å². The van der Waals surface area contributed by atoms with Crippen LogP contribution in [-0.2, 0) is 13.6 Å². The van der Waals surface area contributed by atoms with Gasteiger partial charge in [-0.25, -0.2) is 4.99 Å². The molecule has 1 aliphatic heterocycles. The molecule has 3 rings (SSSR count). The van der Waals surface area contributed by atoms with Gasteiger partial charge in [-0.15, -0.1) is 10.2 Å². The zero-order valence-electron chi connectivity index (χ0n) is 17.4. The van der Waals surface area contributed by atoms with Gasteiger partial charge >= 0.3 is 0 Å². The van der Waals surface area contributed by atoms with Gasteiger partial charge < -0.3 is 20.1 Å². The summed E-state index contributed by atoms with van der Waals surface area (Å²) in [5.74, 6) is 3.66. The first kappa shape index (κ1) is 20.1. The lowest BCUT2D eigenvalue weighted by atomic mass is 9.99. The SMILES string of the molecule is Cc1nnc(CN=C(NCCCN2CCC(C)CC2)NC2CCCC2)n1C. The topological polar surface area (TPSA) is 70.4 Å². The molecule has 7 nitrogen and oxygen atoms in total. The van der Waals surface area contributed by atoms with Crippen molar-refractivity contribution in [1.29, 1.82) is 0 Å². The summed E-state index contributed by atoms with van der Waals surface area (Å²) in [6.07, 6.45) is 8.98. The highest BCUT2D eigenvalue weighted by Crippen LogP contribution is 2.17. The fraction of sp³-hybridized carbons (Fsp3) is 0.850. The molecule has 152 valence electrons. The molecule has 0 radical (unpaired) electrons. The smallest absolute Gasteiger partial charge is 0.191 e. The quantitative estimate of drug-likeness (QED) is 0.434. The molecule has 0 atom stereocenters. The minimum Gasteiger partial charge on any atom is -0.356 e. The maximum absolute atomic E-state index is 4.78. The number of likely N-dealkylation sites (tertiary alicyclic amines) is 1. The molecule has 0 bridgehead atoms. The average molecular weight is 376 g/mol. The van der Waals surface area contributed by atoms with Crippen LogP contribution >= 0.6 is 0 Å². The summed E-state index contributed by atoms with van der Waals surface area (Å²) in [6, 6.07) is 0.557. The number of aliphatic imine (C=N–C) groups is 1. The van der Waals surface area contributed by atoms with E-state index in [0.717, 1.165) is 36.5 Å². The van der Waals surface area contributed by atoms with Crippen molar-refractivity contribution in [3.05, 3.63) is 11.6 Å². The molecular formula is C20H37N7. The standard InChI is InChI=1S/C20H37N7/c1-16-9-13-27(14-10-16)12-6-11-21-20(23-18-7-4-5-8-18)22-15-19-25-24-17(2)26(19)3/h16,18H,4-15H2,1-3H3,(H2,21,22,23). The van der Waals surface area contributed by atoms with Gasteiger partial charge in [0.15, 0.2) is 11.8 Å². The molecule has 1 aliphatic carbocycles.